The molecule has 2 rings (SSSR count). The minimum Gasteiger partial charge on any atom is -0.426 e. The summed E-state index contributed by atoms with van der Waals surface area (Å²) >= 11 is 0. The average molecular weight is 260 g/mol. The molecular weight excluding hydrogens is 236 g/mol. The molecule has 0 heterocycles. The quantitative estimate of drug-likeness (QED) is 0.584. The predicted molar refractivity (Wildman–Crippen MR) is 77.4 cm³/mol. The molecular formula is C17H24O2. The van der Waals surface area contributed by atoms with Crippen molar-refractivity contribution in [2.45, 2.75) is 53.4 Å². The SMILES string of the molecule is Cc1cc(OC(=O)C2CCC(C)CC2)cc(C)c1C. The van der Waals surface area contributed by atoms with Crippen LogP contribution in [0.2, 0.25) is 0 Å². The lowest BCUT2D eigenvalue weighted by molar-refractivity contribution is -0.140. The standard InChI is InChI=1S/C17H24O2/c1-11-5-7-15(8-6-11)17(18)19-16-9-12(2)14(4)13(3)10-16/h9-11,15H,5-8H2,1-4H3. The van der Waals surface area contributed by atoms with Crippen LogP contribution in [0.25, 0.3) is 0 Å². The lowest BCUT2D eigenvalue weighted by Crippen LogP contribution is -2.25. The van der Waals surface area contributed by atoms with Crippen molar-refractivity contribution >= 4 is 5.97 Å². The van der Waals surface area contributed by atoms with E-state index in [0.29, 0.717) is 5.75 Å². The smallest absolute Gasteiger partial charge is 0.314 e. The fourth-order valence-electron chi connectivity index (χ4n) is 2.75. The monoisotopic (exact) mass is 260 g/mol. The molecule has 0 saturated heterocycles. The van der Waals surface area contributed by atoms with Crippen LogP contribution >= 0.6 is 0 Å². The normalized spacial score (nSPS) is 23.2. The minimum absolute atomic E-state index is 0.0467. The van der Waals surface area contributed by atoms with Crippen LogP contribution in [0.5, 0.6) is 5.75 Å². The highest BCUT2D eigenvalue weighted by molar-refractivity contribution is 5.75. The van der Waals surface area contributed by atoms with Gasteiger partial charge in [0.1, 0.15) is 5.75 Å². The van der Waals surface area contributed by atoms with Crippen molar-refractivity contribution < 1.29 is 9.53 Å². The van der Waals surface area contributed by atoms with Gasteiger partial charge in [0.25, 0.3) is 0 Å². The third kappa shape index (κ3) is 3.37. The third-order valence-corrected chi connectivity index (χ3v) is 4.47. The molecule has 19 heavy (non-hydrogen) atoms. The Kier molecular flexibility index (Phi) is 4.28. The number of rotatable bonds is 2. The van der Waals surface area contributed by atoms with Crippen LogP contribution in [-0.4, -0.2) is 5.97 Å². The van der Waals surface area contributed by atoms with E-state index in [0.717, 1.165) is 31.6 Å². The summed E-state index contributed by atoms with van der Waals surface area (Å²) in [5.74, 6) is 1.50. The van der Waals surface area contributed by atoms with Crippen LogP contribution in [0.3, 0.4) is 0 Å². The zero-order chi connectivity index (χ0) is 14.0. The Labute approximate surface area is 116 Å². The minimum atomic E-state index is -0.0467. The van der Waals surface area contributed by atoms with Gasteiger partial charge in [-0.05, 0) is 81.2 Å². The summed E-state index contributed by atoms with van der Waals surface area (Å²) in [4.78, 5) is 12.2. The number of esters is 1. The lowest BCUT2D eigenvalue weighted by Gasteiger charge is -2.24. The molecule has 0 aromatic heterocycles. The second-order valence-electron chi connectivity index (χ2n) is 6.06. The molecule has 1 aliphatic rings. The zero-order valence-corrected chi connectivity index (χ0v) is 12.5. The summed E-state index contributed by atoms with van der Waals surface area (Å²) in [7, 11) is 0. The van der Waals surface area contributed by atoms with E-state index in [1.165, 1.54) is 16.7 Å². The highest BCUT2D eigenvalue weighted by Crippen LogP contribution is 2.30. The highest BCUT2D eigenvalue weighted by Gasteiger charge is 2.26. The number of ether oxygens (including phenoxy) is 1. The number of hydrogen-bond acceptors (Lipinski definition) is 2. The van der Waals surface area contributed by atoms with Crippen molar-refractivity contribution in [2.24, 2.45) is 11.8 Å². The number of aryl methyl sites for hydroxylation is 2. The van der Waals surface area contributed by atoms with Gasteiger partial charge < -0.3 is 4.74 Å². The van der Waals surface area contributed by atoms with E-state index in [4.69, 9.17) is 4.74 Å². The fourth-order valence-corrected chi connectivity index (χ4v) is 2.75. The van der Waals surface area contributed by atoms with E-state index in [1.54, 1.807) is 0 Å². The molecule has 0 amide bonds. The summed E-state index contributed by atoms with van der Waals surface area (Å²) in [6.07, 6.45) is 4.24. The Balaban J connectivity index is 2.03. The van der Waals surface area contributed by atoms with Crippen LogP contribution in [0.15, 0.2) is 12.1 Å². The summed E-state index contributed by atoms with van der Waals surface area (Å²) < 4.78 is 5.57. The van der Waals surface area contributed by atoms with Crippen LogP contribution in [0.1, 0.15) is 49.3 Å². The number of carbonyl (C=O) groups excluding carboxylic acids is 1. The van der Waals surface area contributed by atoms with Gasteiger partial charge in [-0.15, -0.1) is 0 Å². The van der Waals surface area contributed by atoms with Crippen LogP contribution in [-0.2, 0) is 4.79 Å². The Morgan fingerprint density at radius 1 is 1.05 bits per heavy atom. The Hall–Kier alpha value is -1.31. The van der Waals surface area contributed by atoms with E-state index < -0.39 is 0 Å². The van der Waals surface area contributed by atoms with Crippen molar-refractivity contribution in [2.75, 3.05) is 0 Å². The fraction of sp³-hybridized carbons (Fsp3) is 0.588. The molecule has 1 aromatic carbocycles. The van der Waals surface area contributed by atoms with Gasteiger partial charge in [0, 0.05) is 0 Å². The summed E-state index contributed by atoms with van der Waals surface area (Å²) in [5, 5.41) is 0. The molecule has 1 fully saturated rings. The van der Waals surface area contributed by atoms with E-state index >= 15 is 0 Å². The molecule has 0 bridgehead atoms. The molecule has 0 atom stereocenters. The van der Waals surface area contributed by atoms with Gasteiger partial charge in [0.05, 0.1) is 5.92 Å². The molecule has 0 N–H and O–H groups in total. The van der Waals surface area contributed by atoms with E-state index in [9.17, 15) is 4.79 Å². The van der Waals surface area contributed by atoms with Gasteiger partial charge in [-0.1, -0.05) is 6.92 Å². The maximum atomic E-state index is 12.2. The van der Waals surface area contributed by atoms with Crippen molar-refractivity contribution in [3.05, 3.63) is 28.8 Å². The Morgan fingerprint density at radius 3 is 2.11 bits per heavy atom. The predicted octanol–water partition coefficient (Wildman–Crippen LogP) is 4.34. The maximum Gasteiger partial charge on any atom is 0.314 e. The molecule has 2 nitrogen and oxygen atoms in total. The highest BCUT2D eigenvalue weighted by atomic mass is 16.5. The van der Waals surface area contributed by atoms with E-state index in [2.05, 4.69) is 27.7 Å². The van der Waals surface area contributed by atoms with Crippen molar-refractivity contribution in [3.63, 3.8) is 0 Å². The first-order valence-corrected chi connectivity index (χ1v) is 7.27. The molecule has 1 saturated carbocycles. The second kappa shape index (κ2) is 5.77. The summed E-state index contributed by atoms with van der Waals surface area (Å²) in [6.45, 7) is 8.47. The van der Waals surface area contributed by atoms with Gasteiger partial charge in [0.15, 0.2) is 0 Å². The van der Waals surface area contributed by atoms with E-state index in [-0.39, 0.29) is 11.9 Å². The average Bonchev–Trinajstić information content (AvgIpc) is 2.36. The topological polar surface area (TPSA) is 26.3 Å². The van der Waals surface area contributed by atoms with Crippen LogP contribution < -0.4 is 4.74 Å². The van der Waals surface area contributed by atoms with Gasteiger partial charge >= 0.3 is 5.97 Å². The summed E-state index contributed by atoms with van der Waals surface area (Å²) in [5.41, 5.74) is 3.63. The molecule has 0 aliphatic heterocycles. The Morgan fingerprint density at radius 2 is 1.58 bits per heavy atom. The number of hydrogen-bond donors (Lipinski definition) is 0. The lowest BCUT2D eigenvalue weighted by atomic mass is 9.83. The first kappa shape index (κ1) is 14.1. The molecule has 0 unspecified atom stereocenters. The van der Waals surface area contributed by atoms with E-state index in [1.807, 2.05) is 12.1 Å². The second-order valence-corrected chi connectivity index (χ2v) is 6.06. The molecule has 2 heteroatoms. The van der Waals surface area contributed by atoms with Crippen molar-refractivity contribution in [3.8, 4) is 5.75 Å². The van der Waals surface area contributed by atoms with Crippen molar-refractivity contribution in [1.82, 2.24) is 0 Å². The number of carbonyl (C=O) groups is 1. The molecule has 1 aliphatic carbocycles. The summed E-state index contributed by atoms with van der Waals surface area (Å²) in [6, 6.07) is 3.93. The molecule has 0 spiro atoms. The first-order valence-electron chi connectivity index (χ1n) is 7.27. The molecule has 0 radical (unpaired) electrons. The van der Waals surface area contributed by atoms with Crippen molar-refractivity contribution in [1.29, 1.82) is 0 Å². The van der Waals surface area contributed by atoms with Gasteiger partial charge in [0.2, 0.25) is 0 Å². The first-order chi connectivity index (χ1) is 8.97. The molecule has 104 valence electrons. The van der Waals surface area contributed by atoms with Gasteiger partial charge in [-0.3, -0.25) is 4.79 Å². The zero-order valence-electron chi connectivity index (χ0n) is 12.5. The van der Waals surface area contributed by atoms with Gasteiger partial charge in [-0.25, -0.2) is 0 Å². The number of benzene rings is 1. The maximum absolute atomic E-state index is 12.2. The third-order valence-electron chi connectivity index (χ3n) is 4.47. The van der Waals surface area contributed by atoms with Gasteiger partial charge in [-0.2, -0.15) is 0 Å². The van der Waals surface area contributed by atoms with Crippen LogP contribution in [0.4, 0.5) is 0 Å². The largest absolute Gasteiger partial charge is 0.426 e. The van der Waals surface area contributed by atoms with Crippen LogP contribution in [0, 0.1) is 32.6 Å². The molecule has 1 aromatic rings. The Bertz CT molecular complexity index is 445.